The second-order valence-electron chi connectivity index (χ2n) is 11.8. The Kier molecular flexibility index (Phi) is 6.69. The van der Waals surface area contributed by atoms with Crippen LogP contribution in [0.15, 0.2) is 54.7 Å². The van der Waals surface area contributed by atoms with Gasteiger partial charge in [0.1, 0.15) is 16.9 Å². The number of hydrogen-bond donors (Lipinski definition) is 1. The van der Waals surface area contributed by atoms with E-state index in [0.29, 0.717) is 70.0 Å². The predicted octanol–water partition coefficient (Wildman–Crippen LogP) is 2.02. The Morgan fingerprint density at radius 3 is 2.71 bits per heavy atom. The van der Waals surface area contributed by atoms with Gasteiger partial charge in [0.2, 0.25) is 17.7 Å². The van der Waals surface area contributed by atoms with Gasteiger partial charge in [-0.1, -0.05) is 35.5 Å². The molecule has 11 nitrogen and oxygen atoms in total. The fraction of sp³-hybridized carbons (Fsp3) is 0.452. The summed E-state index contributed by atoms with van der Waals surface area (Å²) in [4.78, 5) is 46.3. The summed E-state index contributed by atoms with van der Waals surface area (Å²) in [7, 11) is 0. The number of nitrogens with two attached hydrogens (primary N) is 1. The van der Waals surface area contributed by atoms with Crippen LogP contribution in [0.3, 0.4) is 0 Å². The lowest BCUT2D eigenvalue weighted by molar-refractivity contribution is -0.135. The van der Waals surface area contributed by atoms with Gasteiger partial charge in [0.05, 0.1) is 31.9 Å². The van der Waals surface area contributed by atoms with Crippen molar-refractivity contribution in [2.24, 2.45) is 11.7 Å². The van der Waals surface area contributed by atoms with Gasteiger partial charge in [0.15, 0.2) is 0 Å². The monoisotopic (exact) mass is 569 g/mol. The van der Waals surface area contributed by atoms with Crippen molar-refractivity contribution in [3.8, 4) is 5.75 Å². The normalized spacial score (nSPS) is 24.4. The number of likely N-dealkylation sites (tertiary alicyclic amines) is 2. The molecular weight excluding hydrogens is 534 g/mol. The molecule has 7 rings (SSSR count). The van der Waals surface area contributed by atoms with Crippen LogP contribution in [-0.4, -0.2) is 75.3 Å². The number of fused-ring (bicyclic) bond motifs is 8. The molecule has 0 radical (unpaired) electrons. The molecule has 42 heavy (non-hydrogen) atoms. The van der Waals surface area contributed by atoms with Gasteiger partial charge in [-0.2, -0.15) is 0 Å². The van der Waals surface area contributed by atoms with Gasteiger partial charge in [-0.3, -0.25) is 24.0 Å². The number of nitrogens with zero attached hydrogens (tertiary/aromatic N) is 6. The quantitative estimate of drug-likeness (QED) is 0.511. The molecule has 1 spiro atoms. The number of aryl methyl sites for hydroxylation is 1. The van der Waals surface area contributed by atoms with Gasteiger partial charge in [-0.05, 0) is 61.7 Å². The zero-order valence-corrected chi connectivity index (χ0v) is 23.5. The molecule has 3 aromatic rings. The molecule has 1 aromatic heterocycles. The van der Waals surface area contributed by atoms with Gasteiger partial charge in [0.25, 0.3) is 0 Å². The van der Waals surface area contributed by atoms with Crippen LogP contribution in [0.5, 0.6) is 5.75 Å². The van der Waals surface area contributed by atoms with Crippen LogP contribution in [0.4, 0.5) is 5.69 Å². The molecule has 2 fully saturated rings. The average molecular weight is 570 g/mol. The number of aromatic nitrogens is 3. The number of benzene rings is 2. The first kappa shape index (κ1) is 26.6. The summed E-state index contributed by atoms with van der Waals surface area (Å²) in [6.07, 6.45) is 4.46. The van der Waals surface area contributed by atoms with E-state index in [0.717, 1.165) is 23.2 Å². The summed E-state index contributed by atoms with van der Waals surface area (Å²) in [5.74, 6) is 0.246. The molecule has 218 valence electrons. The standard InChI is InChI=1S/C31H35N7O4/c32-29(40)21-9-13-35(14-10-21)20-27(39)37-15-11-31-25-7-1-2-8-26(25)38(30(31)41)19-23-18-36(34-33-23)12-4-16-42-24-6-3-5-22(17-24)28(31)37/h1-3,5-8,17-18,21,28H,4,9-16,19-20H2,(H2,32,40)/t28-,31-/m0/s1. The number of carbonyl (C=O) groups excluding carboxylic acids is 3. The van der Waals surface area contributed by atoms with Crippen molar-refractivity contribution in [2.75, 3.05) is 37.7 Å². The number of piperidine rings is 1. The van der Waals surface area contributed by atoms with E-state index in [1.54, 1.807) is 4.68 Å². The summed E-state index contributed by atoms with van der Waals surface area (Å²) in [5.41, 5.74) is 7.97. The third kappa shape index (κ3) is 4.43. The van der Waals surface area contributed by atoms with E-state index in [2.05, 4.69) is 15.2 Å². The molecule has 4 aliphatic rings. The molecule has 0 aliphatic carbocycles. The SMILES string of the molecule is NC(=O)C1CCN(CC(=O)N2CC[C@@]34C(=O)N(Cc5cn(nn5)CCCOc5cccc(c5)[C@H]23)c2ccccc24)CC1. The molecule has 11 heteroatoms. The molecule has 2 aromatic carbocycles. The number of rotatable bonds is 3. The van der Waals surface area contributed by atoms with E-state index in [1.165, 1.54) is 0 Å². The van der Waals surface area contributed by atoms with E-state index >= 15 is 0 Å². The maximum Gasteiger partial charge on any atom is 0.240 e. The Morgan fingerprint density at radius 2 is 1.88 bits per heavy atom. The Hall–Kier alpha value is -4.25. The van der Waals surface area contributed by atoms with Gasteiger partial charge in [-0.15, -0.1) is 5.10 Å². The first-order chi connectivity index (χ1) is 20.4. The van der Waals surface area contributed by atoms with Crippen molar-refractivity contribution in [2.45, 2.75) is 50.2 Å². The zero-order valence-electron chi connectivity index (χ0n) is 23.5. The number of ether oxygens (including phenoxy) is 1. The van der Waals surface area contributed by atoms with Gasteiger partial charge >= 0.3 is 0 Å². The van der Waals surface area contributed by atoms with Crippen LogP contribution in [0, 0.1) is 5.92 Å². The Balaban J connectivity index is 1.29. The molecular formula is C31H35N7O4. The van der Waals surface area contributed by atoms with Crippen molar-refractivity contribution < 1.29 is 19.1 Å². The summed E-state index contributed by atoms with van der Waals surface area (Å²) >= 11 is 0. The van der Waals surface area contributed by atoms with Crippen LogP contribution in [0.25, 0.3) is 0 Å². The van der Waals surface area contributed by atoms with Crippen LogP contribution in [0.2, 0.25) is 0 Å². The summed E-state index contributed by atoms with van der Waals surface area (Å²) in [6, 6.07) is 15.3. The Labute approximate surface area is 244 Å². The number of amides is 3. The first-order valence-electron chi connectivity index (χ1n) is 14.8. The van der Waals surface area contributed by atoms with E-state index in [9.17, 15) is 14.4 Å². The number of carbonyl (C=O) groups is 3. The lowest BCUT2D eigenvalue weighted by atomic mass is 9.72. The second-order valence-corrected chi connectivity index (χ2v) is 11.8. The minimum absolute atomic E-state index is 0.0229. The minimum atomic E-state index is -0.944. The van der Waals surface area contributed by atoms with Crippen LogP contribution in [0.1, 0.15) is 48.5 Å². The maximum atomic E-state index is 14.7. The smallest absolute Gasteiger partial charge is 0.240 e. The highest BCUT2D eigenvalue weighted by molar-refractivity contribution is 6.09. The number of primary amides is 1. The van der Waals surface area contributed by atoms with Crippen molar-refractivity contribution in [3.63, 3.8) is 0 Å². The molecule has 6 bridgehead atoms. The van der Waals surface area contributed by atoms with Crippen molar-refractivity contribution >= 4 is 23.4 Å². The molecule has 3 amide bonds. The molecule has 4 aliphatic heterocycles. The fourth-order valence-electron chi connectivity index (χ4n) is 7.31. The number of para-hydroxylation sites is 1. The van der Waals surface area contributed by atoms with E-state index < -0.39 is 11.5 Å². The highest BCUT2D eigenvalue weighted by Crippen LogP contribution is 2.57. The first-order valence-corrected chi connectivity index (χ1v) is 14.8. The highest BCUT2D eigenvalue weighted by Gasteiger charge is 2.61. The predicted molar refractivity (Wildman–Crippen MR) is 153 cm³/mol. The summed E-state index contributed by atoms with van der Waals surface area (Å²) in [5, 5.41) is 8.64. The molecule has 2 N–H and O–H groups in total. The lowest BCUT2D eigenvalue weighted by Gasteiger charge is -2.37. The fourth-order valence-corrected chi connectivity index (χ4v) is 7.31. The summed E-state index contributed by atoms with van der Waals surface area (Å²) < 4.78 is 7.93. The minimum Gasteiger partial charge on any atom is -0.494 e. The third-order valence-electron chi connectivity index (χ3n) is 9.38. The second kappa shape index (κ2) is 10.5. The Morgan fingerprint density at radius 1 is 1.05 bits per heavy atom. The summed E-state index contributed by atoms with van der Waals surface area (Å²) in [6.45, 7) is 3.44. The largest absolute Gasteiger partial charge is 0.494 e. The highest BCUT2D eigenvalue weighted by atomic mass is 16.5. The van der Waals surface area contributed by atoms with Crippen molar-refractivity contribution in [1.82, 2.24) is 24.8 Å². The van der Waals surface area contributed by atoms with Crippen LogP contribution in [-0.2, 0) is 32.9 Å². The van der Waals surface area contributed by atoms with Crippen molar-refractivity contribution in [1.29, 1.82) is 0 Å². The van der Waals surface area contributed by atoms with E-state index in [-0.39, 0.29) is 30.2 Å². The average Bonchev–Trinajstić information content (AvgIpc) is 3.68. The number of hydrogen-bond acceptors (Lipinski definition) is 7. The third-order valence-corrected chi connectivity index (χ3v) is 9.38. The number of anilines is 1. The van der Waals surface area contributed by atoms with Gasteiger partial charge < -0.3 is 20.3 Å². The van der Waals surface area contributed by atoms with E-state index in [1.807, 2.05) is 64.5 Å². The molecule has 2 atom stereocenters. The lowest BCUT2D eigenvalue weighted by Crippen LogP contribution is -2.48. The van der Waals surface area contributed by atoms with Crippen molar-refractivity contribution in [3.05, 3.63) is 71.5 Å². The molecule has 0 unspecified atom stereocenters. The molecule has 5 heterocycles. The van der Waals surface area contributed by atoms with Gasteiger partial charge in [0, 0.05) is 31.1 Å². The Bertz CT molecular complexity index is 1530. The molecule has 0 saturated carbocycles. The van der Waals surface area contributed by atoms with Crippen LogP contribution >= 0.6 is 0 Å². The van der Waals surface area contributed by atoms with E-state index in [4.69, 9.17) is 10.5 Å². The topological polar surface area (TPSA) is 127 Å². The molecule has 2 saturated heterocycles. The maximum absolute atomic E-state index is 14.7. The van der Waals surface area contributed by atoms with Gasteiger partial charge in [-0.25, -0.2) is 0 Å². The zero-order chi connectivity index (χ0) is 28.8. The van der Waals surface area contributed by atoms with Crippen LogP contribution < -0.4 is 15.4 Å².